The van der Waals surface area contributed by atoms with E-state index in [1.165, 1.54) is 5.39 Å². The van der Waals surface area contributed by atoms with E-state index < -0.39 is 5.60 Å². The molecule has 0 atom stereocenters. The minimum Gasteiger partial charge on any atom is -0.444 e. The van der Waals surface area contributed by atoms with Gasteiger partial charge in [0.1, 0.15) is 5.60 Å². The van der Waals surface area contributed by atoms with Crippen molar-refractivity contribution < 1.29 is 14.3 Å². The third kappa shape index (κ3) is 4.43. The first-order valence-corrected chi connectivity index (χ1v) is 10.4. The molecule has 1 aromatic heterocycles. The molecule has 5 nitrogen and oxygen atoms in total. The second-order valence-corrected chi connectivity index (χ2v) is 8.97. The van der Waals surface area contributed by atoms with Gasteiger partial charge in [0.15, 0.2) is 0 Å². The minimum atomic E-state index is -0.504. The molecule has 2 aromatic rings. The maximum Gasteiger partial charge on any atom is 0.410 e. The standard InChI is InChI=1S/C21H28N2O3S/c1-5-8-16-15-9-6-7-10-17(15)27-18(16)19(24)22-11-13-23(14-12-22)20(25)26-21(2,3)4/h6-7,9-10H,5,8,11-14H2,1-4H3. The second-order valence-electron chi connectivity index (χ2n) is 7.92. The van der Waals surface area contributed by atoms with E-state index in [1.807, 2.05) is 37.8 Å². The molecule has 2 amide bonds. The van der Waals surface area contributed by atoms with Gasteiger partial charge in [-0.1, -0.05) is 31.5 Å². The number of ether oxygens (including phenoxy) is 1. The van der Waals surface area contributed by atoms with Gasteiger partial charge in [-0.25, -0.2) is 4.79 Å². The monoisotopic (exact) mass is 388 g/mol. The van der Waals surface area contributed by atoms with Crippen LogP contribution in [0.25, 0.3) is 10.1 Å². The third-order valence-electron chi connectivity index (χ3n) is 4.61. The van der Waals surface area contributed by atoms with Crippen molar-refractivity contribution >= 4 is 33.4 Å². The van der Waals surface area contributed by atoms with Crippen molar-refractivity contribution in [1.82, 2.24) is 9.80 Å². The number of hydrogen-bond donors (Lipinski definition) is 0. The molecule has 1 fully saturated rings. The third-order valence-corrected chi connectivity index (χ3v) is 5.81. The van der Waals surface area contributed by atoms with Crippen molar-refractivity contribution in [3.63, 3.8) is 0 Å². The first kappa shape index (κ1) is 19.7. The fraction of sp³-hybridized carbons (Fsp3) is 0.524. The molecule has 6 heteroatoms. The van der Waals surface area contributed by atoms with Crippen molar-refractivity contribution in [1.29, 1.82) is 0 Å². The van der Waals surface area contributed by atoms with Gasteiger partial charge in [0.2, 0.25) is 0 Å². The number of nitrogens with zero attached hydrogens (tertiary/aromatic N) is 2. The van der Waals surface area contributed by atoms with Crippen molar-refractivity contribution in [3.8, 4) is 0 Å². The molecule has 0 saturated carbocycles. The first-order valence-electron chi connectivity index (χ1n) is 9.57. The fourth-order valence-electron chi connectivity index (χ4n) is 3.33. The van der Waals surface area contributed by atoms with Crippen LogP contribution in [0.15, 0.2) is 24.3 Å². The summed E-state index contributed by atoms with van der Waals surface area (Å²) in [5, 5.41) is 1.19. The predicted molar refractivity (Wildman–Crippen MR) is 110 cm³/mol. The summed E-state index contributed by atoms with van der Waals surface area (Å²) in [5.41, 5.74) is 0.661. The summed E-state index contributed by atoms with van der Waals surface area (Å²) in [7, 11) is 0. The van der Waals surface area contributed by atoms with Crippen molar-refractivity contribution in [2.75, 3.05) is 26.2 Å². The number of rotatable bonds is 3. The molecule has 0 N–H and O–H groups in total. The molecule has 2 heterocycles. The van der Waals surface area contributed by atoms with E-state index in [0.717, 1.165) is 28.0 Å². The normalized spacial score (nSPS) is 15.3. The zero-order chi connectivity index (χ0) is 19.6. The highest BCUT2D eigenvalue weighted by Crippen LogP contribution is 2.33. The second kappa shape index (κ2) is 7.89. The Hall–Kier alpha value is -2.08. The molecular weight excluding hydrogens is 360 g/mol. The average Bonchev–Trinajstić information content (AvgIpc) is 2.99. The smallest absolute Gasteiger partial charge is 0.410 e. The summed E-state index contributed by atoms with van der Waals surface area (Å²) in [6.45, 7) is 9.82. The molecule has 3 rings (SSSR count). The molecule has 0 radical (unpaired) electrons. The van der Waals surface area contributed by atoms with Crippen molar-refractivity contribution in [2.45, 2.75) is 46.1 Å². The van der Waals surface area contributed by atoms with E-state index in [1.54, 1.807) is 16.2 Å². The van der Waals surface area contributed by atoms with Crippen LogP contribution < -0.4 is 0 Å². The van der Waals surface area contributed by atoms with Gasteiger partial charge in [-0.2, -0.15) is 0 Å². The lowest BCUT2D eigenvalue weighted by Crippen LogP contribution is -2.51. The number of fused-ring (bicyclic) bond motifs is 1. The molecule has 1 aromatic carbocycles. The van der Waals surface area contributed by atoms with E-state index in [9.17, 15) is 9.59 Å². The molecule has 0 spiro atoms. The Labute approximate surface area is 164 Å². The van der Waals surface area contributed by atoms with Crippen LogP contribution in [0.1, 0.15) is 49.4 Å². The average molecular weight is 389 g/mol. The van der Waals surface area contributed by atoms with Crippen molar-refractivity contribution in [2.24, 2.45) is 0 Å². The largest absolute Gasteiger partial charge is 0.444 e. The van der Waals surface area contributed by atoms with Crippen LogP contribution in [0.3, 0.4) is 0 Å². The molecule has 146 valence electrons. The van der Waals surface area contributed by atoms with Gasteiger partial charge in [-0.05, 0) is 44.2 Å². The highest BCUT2D eigenvalue weighted by Gasteiger charge is 2.29. The number of hydrogen-bond acceptors (Lipinski definition) is 4. The number of carbonyl (C=O) groups is 2. The van der Waals surface area contributed by atoms with Gasteiger partial charge < -0.3 is 14.5 Å². The van der Waals surface area contributed by atoms with Gasteiger partial charge in [0, 0.05) is 30.9 Å². The highest BCUT2D eigenvalue weighted by molar-refractivity contribution is 7.21. The Morgan fingerprint density at radius 2 is 1.70 bits per heavy atom. The van der Waals surface area contributed by atoms with Gasteiger partial charge in [0.25, 0.3) is 5.91 Å². The van der Waals surface area contributed by atoms with Crippen LogP contribution in [0.2, 0.25) is 0 Å². The molecule has 1 aliphatic rings. The number of amides is 2. The minimum absolute atomic E-state index is 0.0866. The zero-order valence-electron chi connectivity index (χ0n) is 16.6. The van der Waals surface area contributed by atoms with E-state index >= 15 is 0 Å². The van der Waals surface area contributed by atoms with Crippen LogP contribution in [0.4, 0.5) is 4.79 Å². The Morgan fingerprint density at radius 3 is 2.33 bits per heavy atom. The van der Waals surface area contributed by atoms with E-state index in [0.29, 0.717) is 26.2 Å². The Balaban J connectivity index is 1.72. The molecule has 0 unspecified atom stereocenters. The summed E-state index contributed by atoms with van der Waals surface area (Å²) < 4.78 is 6.60. The topological polar surface area (TPSA) is 49.9 Å². The number of thiophene rings is 1. The van der Waals surface area contributed by atoms with Gasteiger partial charge in [-0.15, -0.1) is 11.3 Å². The lowest BCUT2D eigenvalue weighted by atomic mass is 10.1. The summed E-state index contributed by atoms with van der Waals surface area (Å²) in [5.74, 6) is 0.0866. The molecule has 1 aliphatic heterocycles. The van der Waals surface area contributed by atoms with E-state index in [-0.39, 0.29) is 12.0 Å². The molecule has 1 saturated heterocycles. The SMILES string of the molecule is CCCc1c(C(=O)N2CCN(C(=O)OC(C)(C)C)CC2)sc2ccccc12. The Kier molecular flexibility index (Phi) is 5.75. The molecular formula is C21H28N2O3S. The lowest BCUT2D eigenvalue weighted by Gasteiger charge is -2.35. The van der Waals surface area contributed by atoms with Crippen LogP contribution in [-0.2, 0) is 11.2 Å². The molecule has 0 aliphatic carbocycles. The fourth-order valence-corrected chi connectivity index (χ4v) is 4.55. The van der Waals surface area contributed by atoms with Gasteiger partial charge >= 0.3 is 6.09 Å². The zero-order valence-corrected chi connectivity index (χ0v) is 17.4. The number of benzene rings is 1. The highest BCUT2D eigenvalue weighted by atomic mass is 32.1. The summed E-state index contributed by atoms with van der Waals surface area (Å²) in [6, 6.07) is 8.23. The van der Waals surface area contributed by atoms with Crippen LogP contribution in [0.5, 0.6) is 0 Å². The van der Waals surface area contributed by atoms with E-state index in [4.69, 9.17) is 4.74 Å². The number of carbonyl (C=O) groups excluding carboxylic acids is 2. The summed E-state index contributed by atoms with van der Waals surface area (Å²) in [6.07, 6.45) is 1.61. The predicted octanol–water partition coefficient (Wildman–Crippen LogP) is 4.55. The molecule has 0 bridgehead atoms. The maximum absolute atomic E-state index is 13.2. The maximum atomic E-state index is 13.2. The van der Waals surface area contributed by atoms with Gasteiger partial charge in [0.05, 0.1) is 4.88 Å². The molecule has 27 heavy (non-hydrogen) atoms. The first-order chi connectivity index (χ1) is 12.8. The summed E-state index contributed by atoms with van der Waals surface area (Å²) >= 11 is 1.58. The number of piperazine rings is 1. The quantitative estimate of drug-likeness (QED) is 0.775. The van der Waals surface area contributed by atoms with Gasteiger partial charge in [-0.3, -0.25) is 4.79 Å². The summed E-state index contributed by atoms with van der Waals surface area (Å²) in [4.78, 5) is 29.8. The Bertz CT molecular complexity index is 830. The van der Waals surface area contributed by atoms with Crippen LogP contribution in [0, 0.1) is 0 Å². The lowest BCUT2D eigenvalue weighted by molar-refractivity contribution is 0.0141. The van der Waals surface area contributed by atoms with Crippen LogP contribution in [-0.4, -0.2) is 53.6 Å². The number of aryl methyl sites for hydroxylation is 1. The Morgan fingerprint density at radius 1 is 1.07 bits per heavy atom. The van der Waals surface area contributed by atoms with Crippen molar-refractivity contribution in [3.05, 3.63) is 34.7 Å². The van der Waals surface area contributed by atoms with Crippen LogP contribution >= 0.6 is 11.3 Å². The van der Waals surface area contributed by atoms with E-state index in [2.05, 4.69) is 19.1 Å².